The number of carbonyl (C=O) groups excluding carboxylic acids is 1. The number of rotatable bonds is 4. The van der Waals surface area contributed by atoms with Crippen LogP contribution in [0, 0.1) is 0 Å². The Balaban J connectivity index is 0.00000218. The number of hydrogen-bond donors (Lipinski definition) is 1. The van der Waals surface area contributed by atoms with Gasteiger partial charge >= 0.3 is 5.97 Å². The standard InChI is InChI=1S/C21H21NO7.ClH/c1-24-12-5-4-11-15(18(12)25-2)21(23)29-17(11)16-14-10(6-7-22-16)8-13-19(20(14)26-3)28-9-27-13;/h4-5,8,16-17,22H,6-7,9H2,1-3H3;1H/t16-,17+;/m1./s1. The third kappa shape index (κ3) is 2.82. The summed E-state index contributed by atoms with van der Waals surface area (Å²) in [5, 5.41) is 3.49. The Morgan fingerprint density at radius 2 is 1.87 bits per heavy atom. The molecule has 0 saturated heterocycles. The largest absolute Gasteiger partial charge is 0.493 e. The van der Waals surface area contributed by atoms with Gasteiger partial charge in [-0.05, 0) is 30.7 Å². The van der Waals surface area contributed by atoms with Gasteiger partial charge in [-0.2, -0.15) is 0 Å². The van der Waals surface area contributed by atoms with E-state index in [2.05, 4.69) is 5.32 Å². The first-order valence-corrected chi connectivity index (χ1v) is 9.36. The molecule has 8 nitrogen and oxygen atoms in total. The highest BCUT2D eigenvalue weighted by molar-refractivity contribution is 5.98. The van der Waals surface area contributed by atoms with Crippen LogP contribution in [0.25, 0.3) is 0 Å². The minimum Gasteiger partial charge on any atom is -0.493 e. The van der Waals surface area contributed by atoms with Gasteiger partial charge in [0.15, 0.2) is 23.0 Å². The van der Waals surface area contributed by atoms with Gasteiger partial charge in [0.25, 0.3) is 0 Å². The number of fused-ring (bicyclic) bond motifs is 3. The molecule has 0 fully saturated rings. The topological polar surface area (TPSA) is 84.5 Å². The van der Waals surface area contributed by atoms with Crippen molar-refractivity contribution < 1.29 is 33.2 Å². The lowest BCUT2D eigenvalue weighted by molar-refractivity contribution is 0.0282. The van der Waals surface area contributed by atoms with Crippen molar-refractivity contribution in [1.82, 2.24) is 5.32 Å². The molecule has 0 radical (unpaired) electrons. The van der Waals surface area contributed by atoms with E-state index in [1.54, 1.807) is 13.2 Å². The summed E-state index contributed by atoms with van der Waals surface area (Å²) in [6.45, 7) is 0.891. The van der Waals surface area contributed by atoms with Crippen molar-refractivity contribution in [1.29, 1.82) is 0 Å². The Labute approximate surface area is 179 Å². The molecule has 0 unspecified atom stereocenters. The van der Waals surface area contributed by atoms with Crippen molar-refractivity contribution in [3.05, 3.63) is 40.5 Å². The van der Waals surface area contributed by atoms with Crippen LogP contribution in [-0.4, -0.2) is 40.6 Å². The summed E-state index contributed by atoms with van der Waals surface area (Å²) < 4.78 is 33.5. The average Bonchev–Trinajstić information content (AvgIpc) is 3.35. The lowest BCUT2D eigenvalue weighted by atomic mass is 9.86. The number of benzene rings is 2. The van der Waals surface area contributed by atoms with Crippen LogP contribution < -0.4 is 29.0 Å². The monoisotopic (exact) mass is 435 g/mol. The second-order valence-electron chi connectivity index (χ2n) is 6.99. The maximum atomic E-state index is 12.8. The molecule has 0 saturated carbocycles. The second-order valence-corrected chi connectivity index (χ2v) is 6.99. The van der Waals surface area contributed by atoms with Crippen LogP contribution in [0.4, 0.5) is 0 Å². The fourth-order valence-electron chi connectivity index (χ4n) is 4.43. The summed E-state index contributed by atoms with van der Waals surface area (Å²) in [4.78, 5) is 12.8. The molecule has 5 rings (SSSR count). The van der Waals surface area contributed by atoms with Crippen LogP contribution in [0.1, 0.15) is 39.2 Å². The van der Waals surface area contributed by atoms with Gasteiger partial charge in [0.05, 0.1) is 27.4 Å². The summed E-state index contributed by atoms with van der Waals surface area (Å²) in [5.41, 5.74) is 3.14. The van der Waals surface area contributed by atoms with Crippen molar-refractivity contribution >= 4 is 18.4 Å². The lowest BCUT2D eigenvalue weighted by Gasteiger charge is -2.32. The molecule has 2 aromatic carbocycles. The van der Waals surface area contributed by atoms with Crippen molar-refractivity contribution in [3.8, 4) is 28.7 Å². The normalized spacial score (nSPS) is 20.6. The van der Waals surface area contributed by atoms with Crippen LogP contribution in [0.15, 0.2) is 18.2 Å². The molecule has 0 spiro atoms. The molecule has 2 aromatic rings. The number of esters is 1. The van der Waals surface area contributed by atoms with Gasteiger partial charge in [-0.3, -0.25) is 0 Å². The highest BCUT2D eigenvalue weighted by Gasteiger charge is 2.44. The number of carbonyl (C=O) groups is 1. The molecule has 3 aliphatic rings. The highest BCUT2D eigenvalue weighted by Crippen LogP contribution is 2.53. The summed E-state index contributed by atoms with van der Waals surface area (Å²) in [7, 11) is 4.65. The van der Waals surface area contributed by atoms with E-state index in [1.807, 2.05) is 12.1 Å². The Hall–Kier alpha value is -2.84. The molecule has 0 bridgehead atoms. The number of methoxy groups -OCH3 is 3. The van der Waals surface area contributed by atoms with Crippen molar-refractivity contribution in [2.24, 2.45) is 0 Å². The van der Waals surface area contributed by atoms with E-state index in [0.717, 1.165) is 29.7 Å². The predicted octanol–water partition coefficient (Wildman–Crippen LogP) is 2.96. The molecule has 30 heavy (non-hydrogen) atoms. The van der Waals surface area contributed by atoms with Crippen LogP contribution in [0.3, 0.4) is 0 Å². The van der Waals surface area contributed by atoms with Gasteiger partial charge in [0.1, 0.15) is 11.7 Å². The van der Waals surface area contributed by atoms with Gasteiger partial charge in [0, 0.05) is 11.1 Å². The maximum Gasteiger partial charge on any atom is 0.343 e. The molecule has 9 heteroatoms. The fourth-order valence-corrected chi connectivity index (χ4v) is 4.43. The minimum absolute atomic E-state index is 0. The van der Waals surface area contributed by atoms with Crippen LogP contribution in [-0.2, 0) is 11.2 Å². The van der Waals surface area contributed by atoms with Gasteiger partial charge < -0.3 is 33.7 Å². The van der Waals surface area contributed by atoms with E-state index in [-0.39, 0.29) is 25.2 Å². The number of hydrogen-bond acceptors (Lipinski definition) is 8. The second kappa shape index (κ2) is 7.77. The highest BCUT2D eigenvalue weighted by atomic mass is 35.5. The molecule has 2 atom stereocenters. The smallest absolute Gasteiger partial charge is 0.343 e. The number of halogens is 1. The third-order valence-corrected chi connectivity index (χ3v) is 5.64. The number of cyclic esters (lactones) is 1. The zero-order valence-corrected chi connectivity index (χ0v) is 17.6. The predicted molar refractivity (Wildman–Crippen MR) is 109 cm³/mol. The summed E-state index contributed by atoms with van der Waals surface area (Å²) in [6.07, 6.45) is 0.267. The van der Waals surface area contributed by atoms with Crippen LogP contribution >= 0.6 is 12.4 Å². The van der Waals surface area contributed by atoms with Gasteiger partial charge in [-0.1, -0.05) is 6.07 Å². The van der Waals surface area contributed by atoms with Crippen molar-refractivity contribution in [2.45, 2.75) is 18.6 Å². The molecular formula is C21H22ClNO7. The lowest BCUT2D eigenvalue weighted by Crippen LogP contribution is -2.34. The molecular weight excluding hydrogens is 414 g/mol. The first kappa shape index (κ1) is 20.4. The van der Waals surface area contributed by atoms with Gasteiger partial charge in [-0.25, -0.2) is 4.79 Å². The summed E-state index contributed by atoms with van der Waals surface area (Å²) in [6, 6.07) is 5.32. The number of nitrogens with one attached hydrogen (secondary N) is 1. The minimum atomic E-state index is -0.536. The van der Waals surface area contributed by atoms with Crippen molar-refractivity contribution in [3.63, 3.8) is 0 Å². The molecule has 0 amide bonds. The molecule has 1 N–H and O–H groups in total. The van der Waals surface area contributed by atoms with E-state index >= 15 is 0 Å². The van der Waals surface area contributed by atoms with E-state index in [4.69, 9.17) is 28.4 Å². The first-order chi connectivity index (χ1) is 14.2. The first-order valence-electron chi connectivity index (χ1n) is 9.36. The van der Waals surface area contributed by atoms with E-state index in [1.165, 1.54) is 14.2 Å². The molecule has 3 heterocycles. The Morgan fingerprint density at radius 3 is 2.60 bits per heavy atom. The van der Waals surface area contributed by atoms with E-state index < -0.39 is 12.1 Å². The van der Waals surface area contributed by atoms with E-state index in [0.29, 0.717) is 34.3 Å². The van der Waals surface area contributed by atoms with Crippen LogP contribution in [0.2, 0.25) is 0 Å². The van der Waals surface area contributed by atoms with Crippen LogP contribution in [0.5, 0.6) is 28.7 Å². The fraction of sp³-hybridized carbons (Fsp3) is 0.381. The third-order valence-electron chi connectivity index (χ3n) is 5.64. The summed E-state index contributed by atoms with van der Waals surface area (Å²) in [5.74, 6) is 2.30. The molecule has 3 aliphatic heterocycles. The molecule has 160 valence electrons. The SMILES string of the molecule is COc1ccc2c(c1OC)C(=O)O[C@@H]2[C@@H]1NCCc2cc3c(c(OC)c21)OCO3.Cl. The average molecular weight is 436 g/mol. The van der Waals surface area contributed by atoms with Gasteiger partial charge in [-0.15, -0.1) is 12.4 Å². The Bertz CT molecular complexity index is 1010. The molecule has 0 aliphatic carbocycles. The maximum absolute atomic E-state index is 12.8. The van der Waals surface area contributed by atoms with E-state index in [9.17, 15) is 4.79 Å². The molecule has 0 aromatic heterocycles. The summed E-state index contributed by atoms with van der Waals surface area (Å²) >= 11 is 0. The Morgan fingerprint density at radius 1 is 1.07 bits per heavy atom. The van der Waals surface area contributed by atoms with Crippen molar-refractivity contribution in [2.75, 3.05) is 34.7 Å². The zero-order valence-electron chi connectivity index (χ0n) is 16.8. The zero-order chi connectivity index (χ0) is 20.1. The van der Waals surface area contributed by atoms with Gasteiger partial charge in [0.2, 0.25) is 12.5 Å². The quantitative estimate of drug-likeness (QED) is 0.734. The Kier molecular flexibility index (Phi) is 5.29. The number of ether oxygens (including phenoxy) is 6.